The first-order chi connectivity index (χ1) is 9.24. The third-order valence-electron chi connectivity index (χ3n) is 4.09. The zero-order chi connectivity index (χ0) is 13.2. The molecule has 4 heteroatoms. The maximum absolute atomic E-state index is 6.24. The van der Waals surface area contributed by atoms with Crippen LogP contribution in [-0.2, 0) is 0 Å². The molecule has 1 aromatic rings. The molecule has 0 atom stereocenters. The summed E-state index contributed by atoms with van der Waals surface area (Å²) in [6.45, 7) is 2.06. The Morgan fingerprint density at radius 2 is 2.11 bits per heavy atom. The van der Waals surface area contributed by atoms with E-state index in [4.69, 9.17) is 11.6 Å². The molecule has 3 rings (SSSR count). The first-order valence-corrected chi connectivity index (χ1v) is 7.38. The van der Waals surface area contributed by atoms with Crippen molar-refractivity contribution in [1.82, 2.24) is 10.2 Å². The number of hydrogen-bond donors (Lipinski definition) is 1. The van der Waals surface area contributed by atoms with Gasteiger partial charge in [-0.05, 0) is 36.8 Å². The van der Waals surface area contributed by atoms with Crippen molar-refractivity contribution in [2.75, 3.05) is 20.1 Å². The summed E-state index contributed by atoms with van der Waals surface area (Å²) in [6, 6.07) is 8.73. The summed E-state index contributed by atoms with van der Waals surface area (Å²) in [6.07, 6.45) is 3.46. The van der Waals surface area contributed by atoms with Crippen LogP contribution in [0.15, 0.2) is 29.3 Å². The second-order valence-electron chi connectivity index (χ2n) is 5.51. The van der Waals surface area contributed by atoms with E-state index in [1.807, 2.05) is 12.1 Å². The SMILES string of the molecule is CN1CCCN=C1NC1CC(c2ccccc2Cl)C1. The van der Waals surface area contributed by atoms with Crippen molar-refractivity contribution in [2.45, 2.75) is 31.2 Å². The van der Waals surface area contributed by atoms with Gasteiger partial charge in [0.2, 0.25) is 0 Å². The molecule has 1 fully saturated rings. The van der Waals surface area contributed by atoms with Gasteiger partial charge in [-0.2, -0.15) is 0 Å². The highest BCUT2D eigenvalue weighted by molar-refractivity contribution is 6.31. The van der Waals surface area contributed by atoms with Crippen molar-refractivity contribution in [3.63, 3.8) is 0 Å². The van der Waals surface area contributed by atoms with Gasteiger partial charge in [-0.25, -0.2) is 0 Å². The fraction of sp³-hybridized carbons (Fsp3) is 0.533. The van der Waals surface area contributed by atoms with Gasteiger partial charge >= 0.3 is 0 Å². The summed E-state index contributed by atoms with van der Waals surface area (Å²) < 4.78 is 0. The van der Waals surface area contributed by atoms with Crippen LogP contribution < -0.4 is 5.32 Å². The Morgan fingerprint density at radius 1 is 1.32 bits per heavy atom. The molecule has 1 heterocycles. The van der Waals surface area contributed by atoms with Gasteiger partial charge in [-0.1, -0.05) is 29.8 Å². The van der Waals surface area contributed by atoms with Crippen molar-refractivity contribution in [3.8, 4) is 0 Å². The molecular weight excluding hydrogens is 258 g/mol. The van der Waals surface area contributed by atoms with Gasteiger partial charge in [0, 0.05) is 31.2 Å². The average Bonchev–Trinajstić information content (AvgIpc) is 2.37. The number of aliphatic imine (C=N–C) groups is 1. The minimum Gasteiger partial charge on any atom is -0.353 e. The lowest BCUT2D eigenvalue weighted by Crippen LogP contribution is -2.50. The summed E-state index contributed by atoms with van der Waals surface area (Å²) in [5.74, 6) is 1.66. The summed E-state index contributed by atoms with van der Waals surface area (Å²) >= 11 is 6.24. The van der Waals surface area contributed by atoms with Crippen molar-refractivity contribution in [3.05, 3.63) is 34.9 Å². The zero-order valence-corrected chi connectivity index (χ0v) is 12.0. The Hall–Kier alpha value is -1.22. The molecule has 102 valence electrons. The van der Waals surface area contributed by atoms with Crippen LogP contribution in [0.3, 0.4) is 0 Å². The molecule has 1 aromatic carbocycles. The van der Waals surface area contributed by atoms with Gasteiger partial charge in [0.05, 0.1) is 0 Å². The maximum atomic E-state index is 6.24. The summed E-state index contributed by atoms with van der Waals surface area (Å²) in [5, 5.41) is 4.46. The summed E-state index contributed by atoms with van der Waals surface area (Å²) in [5.41, 5.74) is 1.29. The molecule has 0 unspecified atom stereocenters. The van der Waals surface area contributed by atoms with E-state index in [1.54, 1.807) is 0 Å². The topological polar surface area (TPSA) is 27.6 Å². The highest BCUT2D eigenvalue weighted by atomic mass is 35.5. The number of nitrogens with one attached hydrogen (secondary N) is 1. The van der Waals surface area contributed by atoms with E-state index in [1.165, 1.54) is 5.56 Å². The monoisotopic (exact) mass is 277 g/mol. The van der Waals surface area contributed by atoms with Crippen molar-refractivity contribution in [2.24, 2.45) is 4.99 Å². The molecule has 3 nitrogen and oxygen atoms in total. The largest absolute Gasteiger partial charge is 0.353 e. The number of guanidine groups is 1. The predicted molar refractivity (Wildman–Crippen MR) is 79.9 cm³/mol. The van der Waals surface area contributed by atoms with Crippen LogP contribution >= 0.6 is 11.6 Å². The van der Waals surface area contributed by atoms with Gasteiger partial charge in [0.15, 0.2) is 5.96 Å². The van der Waals surface area contributed by atoms with Crippen LogP contribution in [-0.4, -0.2) is 37.0 Å². The lowest BCUT2D eigenvalue weighted by molar-refractivity contribution is 0.308. The molecule has 0 saturated heterocycles. The average molecular weight is 278 g/mol. The van der Waals surface area contributed by atoms with Gasteiger partial charge in [0.25, 0.3) is 0 Å². The molecule has 1 aliphatic heterocycles. The Kier molecular flexibility index (Phi) is 3.65. The molecule has 2 aliphatic rings. The molecule has 0 aromatic heterocycles. The minimum absolute atomic E-state index is 0.542. The van der Waals surface area contributed by atoms with Crippen LogP contribution in [0.5, 0.6) is 0 Å². The first kappa shape index (κ1) is 12.8. The van der Waals surface area contributed by atoms with E-state index in [9.17, 15) is 0 Å². The Morgan fingerprint density at radius 3 is 2.84 bits per heavy atom. The van der Waals surface area contributed by atoms with Crippen LogP contribution in [0.4, 0.5) is 0 Å². The van der Waals surface area contributed by atoms with Crippen LogP contribution in [0, 0.1) is 0 Å². The second kappa shape index (κ2) is 5.41. The number of nitrogens with zero attached hydrogens (tertiary/aromatic N) is 2. The Balaban J connectivity index is 1.56. The molecule has 0 bridgehead atoms. The predicted octanol–water partition coefficient (Wildman–Crippen LogP) is 2.87. The smallest absolute Gasteiger partial charge is 0.193 e. The standard InChI is InChI=1S/C15H20ClN3/c1-19-8-4-7-17-15(19)18-12-9-11(10-12)13-5-2-3-6-14(13)16/h2-3,5-6,11-12H,4,7-10H2,1H3,(H,17,18). The number of rotatable bonds is 2. The molecule has 1 saturated carbocycles. The van der Waals surface area contributed by atoms with Gasteiger partial charge in [-0.3, -0.25) is 4.99 Å². The van der Waals surface area contributed by atoms with Crippen molar-refractivity contribution in [1.29, 1.82) is 0 Å². The molecule has 1 N–H and O–H groups in total. The highest BCUT2D eigenvalue weighted by Crippen LogP contribution is 2.39. The highest BCUT2D eigenvalue weighted by Gasteiger charge is 2.32. The van der Waals surface area contributed by atoms with Crippen LogP contribution in [0.2, 0.25) is 5.02 Å². The maximum Gasteiger partial charge on any atom is 0.193 e. The molecule has 0 radical (unpaired) electrons. The lowest BCUT2D eigenvalue weighted by atomic mass is 9.76. The van der Waals surface area contributed by atoms with E-state index in [2.05, 4.69) is 34.4 Å². The molecule has 1 aliphatic carbocycles. The number of halogens is 1. The molecular formula is C15H20ClN3. The van der Waals surface area contributed by atoms with Crippen molar-refractivity contribution >= 4 is 17.6 Å². The lowest BCUT2D eigenvalue weighted by Gasteiger charge is -2.39. The van der Waals surface area contributed by atoms with Crippen LogP contribution in [0.25, 0.3) is 0 Å². The molecule has 0 amide bonds. The van der Waals surface area contributed by atoms with E-state index in [0.29, 0.717) is 12.0 Å². The number of hydrogen-bond acceptors (Lipinski definition) is 3. The Bertz CT molecular complexity index is 480. The minimum atomic E-state index is 0.542. The fourth-order valence-electron chi connectivity index (χ4n) is 2.85. The Labute approximate surface area is 119 Å². The van der Waals surface area contributed by atoms with E-state index < -0.39 is 0 Å². The zero-order valence-electron chi connectivity index (χ0n) is 11.3. The van der Waals surface area contributed by atoms with Crippen LogP contribution in [0.1, 0.15) is 30.7 Å². The summed E-state index contributed by atoms with van der Waals surface area (Å²) in [4.78, 5) is 6.77. The third kappa shape index (κ3) is 2.71. The third-order valence-corrected chi connectivity index (χ3v) is 4.44. The molecule has 0 spiro atoms. The fourth-order valence-corrected chi connectivity index (χ4v) is 3.14. The summed E-state index contributed by atoms with van der Waals surface area (Å²) in [7, 11) is 2.11. The number of benzene rings is 1. The quantitative estimate of drug-likeness (QED) is 0.900. The van der Waals surface area contributed by atoms with Gasteiger partial charge in [-0.15, -0.1) is 0 Å². The van der Waals surface area contributed by atoms with Gasteiger partial charge < -0.3 is 10.2 Å². The first-order valence-electron chi connectivity index (χ1n) is 7.00. The van der Waals surface area contributed by atoms with E-state index in [-0.39, 0.29) is 0 Å². The van der Waals surface area contributed by atoms with Gasteiger partial charge in [0.1, 0.15) is 0 Å². The van der Waals surface area contributed by atoms with E-state index in [0.717, 1.165) is 43.3 Å². The molecule has 19 heavy (non-hydrogen) atoms. The normalized spacial score (nSPS) is 26.6. The second-order valence-corrected chi connectivity index (χ2v) is 5.92. The van der Waals surface area contributed by atoms with E-state index >= 15 is 0 Å². The van der Waals surface area contributed by atoms with Crippen molar-refractivity contribution < 1.29 is 0 Å².